The predicted molar refractivity (Wildman–Crippen MR) is 334 cm³/mol. The van der Waals surface area contributed by atoms with E-state index in [1.807, 2.05) is 0 Å². The minimum atomic E-state index is -0.779. The van der Waals surface area contributed by atoms with Crippen molar-refractivity contribution in [2.75, 3.05) is 13.2 Å². The number of rotatable bonds is 62. The molecule has 0 rings (SSSR count). The Bertz CT molecular complexity index is 1340. The summed E-state index contributed by atoms with van der Waals surface area (Å²) in [5, 5.41) is 9.68. The highest BCUT2D eigenvalue weighted by atomic mass is 16.6. The molecule has 0 aliphatic carbocycles. The average molecular weight is 1060 g/mol. The lowest BCUT2D eigenvalue weighted by molar-refractivity contribution is -0.161. The second-order valence-electron chi connectivity index (χ2n) is 22.5. The zero-order valence-electron chi connectivity index (χ0n) is 50.8. The number of aliphatic hydroxyl groups is 1. The van der Waals surface area contributed by atoms with E-state index in [-0.39, 0.29) is 25.2 Å². The molecule has 0 heterocycles. The van der Waals surface area contributed by atoms with E-state index < -0.39 is 6.10 Å². The molecule has 442 valence electrons. The van der Waals surface area contributed by atoms with Crippen molar-refractivity contribution >= 4 is 11.9 Å². The summed E-state index contributed by atoms with van der Waals surface area (Å²) in [6.45, 7) is 4.06. The van der Waals surface area contributed by atoms with Gasteiger partial charge in [0.2, 0.25) is 0 Å². The molecule has 1 unspecified atom stereocenters. The van der Waals surface area contributed by atoms with Crippen molar-refractivity contribution in [2.45, 2.75) is 354 Å². The Balaban J connectivity index is 3.42. The molecule has 0 saturated heterocycles. The Morgan fingerprint density at radius 2 is 0.566 bits per heavy atom. The third kappa shape index (κ3) is 63.9. The summed E-state index contributed by atoms with van der Waals surface area (Å²) in [6.07, 6.45) is 92.2. The summed E-state index contributed by atoms with van der Waals surface area (Å²) in [5.41, 5.74) is 0. The lowest BCUT2D eigenvalue weighted by Gasteiger charge is -2.15. The van der Waals surface area contributed by atoms with Gasteiger partial charge in [-0.3, -0.25) is 9.59 Å². The molecule has 0 aromatic carbocycles. The van der Waals surface area contributed by atoms with E-state index in [1.54, 1.807) is 0 Å². The molecular weight excluding hydrogens is 933 g/mol. The van der Waals surface area contributed by atoms with E-state index in [4.69, 9.17) is 9.47 Å². The van der Waals surface area contributed by atoms with Crippen LogP contribution in [0, 0.1) is 0 Å². The Morgan fingerprint density at radius 1 is 0.316 bits per heavy atom. The van der Waals surface area contributed by atoms with Gasteiger partial charge in [0, 0.05) is 12.8 Å². The molecule has 76 heavy (non-hydrogen) atoms. The maximum Gasteiger partial charge on any atom is 0.306 e. The number of allylic oxidation sites excluding steroid dienone is 12. The number of ether oxygens (including phenoxy) is 2. The van der Waals surface area contributed by atoms with Crippen LogP contribution in [0.25, 0.3) is 0 Å². The Labute approximate surface area is 473 Å². The molecule has 0 amide bonds. The van der Waals surface area contributed by atoms with Crippen molar-refractivity contribution in [3.05, 3.63) is 72.9 Å². The molecule has 0 radical (unpaired) electrons. The standard InChI is InChI=1S/C71H128O5/c1-3-5-7-9-11-13-15-17-19-21-23-25-27-29-30-31-32-33-34-35-36-37-38-39-40-42-43-45-47-49-51-53-55-57-59-61-63-65-70(73)75-68-69(67-72)76-71(74)66-64-62-60-58-56-54-52-50-48-46-44-41-28-26-24-22-20-18-16-14-12-10-8-6-4-2/h6,8,12,14,18,20-21,23-24,26,41,44,69,72H,3-5,7,9-11,13,15-17,19,22,25,27-40,42-43,45-68H2,1-2H3/b8-6-,14-12-,20-18-,23-21-,26-24-,44-41-. The SMILES string of the molecule is CC/C=C\C/C=C\C/C=C\C/C=C\C/C=C\CCCCCCCCCCCC(=O)OC(CO)COC(=O)CCCCCCCCCCCCCCCCCCCCCCCCCCC/C=C\CCCCCCCCCC. The summed E-state index contributed by atoms with van der Waals surface area (Å²) in [7, 11) is 0. The van der Waals surface area contributed by atoms with Gasteiger partial charge in [0.25, 0.3) is 0 Å². The predicted octanol–water partition coefficient (Wildman–Crippen LogP) is 23.1. The van der Waals surface area contributed by atoms with E-state index in [9.17, 15) is 14.7 Å². The topological polar surface area (TPSA) is 72.8 Å². The average Bonchev–Trinajstić information content (AvgIpc) is 3.42. The van der Waals surface area contributed by atoms with Gasteiger partial charge in [-0.1, -0.05) is 324 Å². The maximum absolute atomic E-state index is 12.3. The number of unbranched alkanes of at least 4 members (excludes halogenated alkanes) is 42. The van der Waals surface area contributed by atoms with Crippen molar-refractivity contribution in [2.24, 2.45) is 0 Å². The quantitative estimate of drug-likeness (QED) is 0.0373. The number of carbonyl (C=O) groups excluding carboxylic acids is 2. The molecule has 0 aromatic heterocycles. The number of carbonyl (C=O) groups is 2. The minimum Gasteiger partial charge on any atom is -0.462 e. The van der Waals surface area contributed by atoms with Crippen molar-refractivity contribution in [3.8, 4) is 0 Å². The molecule has 0 bridgehead atoms. The van der Waals surface area contributed by atoms with Crippen molar-refractivity contribution in [3.63, 3.8) is 0 Å². The fourth-order valence-electron chi connectivity index (χ4n) is 9.99. The summed E-state index contributed by atoms with van der Waals surface area (Å²) in [5.74, 6) is -0.585. The molecular formula is C71H128O5. The van der Waals surface area contributed by atoms with Crippen LogP contribution in [0.2, 0.25) is 0 Å². The minimum absolute atomic E-state index is 0.0674. The molecule has 0 spiro atoms. The van der Waals surface area contributed by atoms with Crippen molar-refractivity contribution in [1.82, 2.24) is 0 Å². The van der Waals surface area contributed by atoms with Crippen LogP contribution in [0.5, 0.6) is 0 Å². The Morgan fingerprint density at radius 3 is 0.868 bits per heavy atom. The van der Waals surface area contributed by atoms with Crippen LogP contribution in [0.3, 0.4) is 0 Å². The molecule has 0 aliphatic heterocycles. The Hall–Kier alpha value is -2.66. The van der Waals surface area contributed by atoms with Crippen molar-refractivity contribution < 1.29 is 24.2 Å². The van der Waals surface area contributed by atoms with Crippen LogP contribution in [0.1, 0.15) is 348 Å². The number of esters is 2. The molecule has 0 aromatic rings. The van der Waals surface area contributed by atoms with Crippen LogP contribution in [0.15, 0.2) is 72.9 Å². The monoisotopic (exact) mass is 1060 g/mol. The van der Waals surface area contributed by atoms with Gasteiger partial charge in [-0.2, -0.15) is 0 Å². The first-order valence-electron chi connectivity index (χ1n) is 33.5. The molecule has 0 fully saturated rings. The fraction of sp³-hybridized carbons (Fsp3) is 0.803. The molecule has 0 saturated carbocycles. The van der Waals surface area contributed by atoms with Gasteiger partial charge in [-0.25, -0.2) is 0 Å². The first-order valence-corrected chi connectivity index (χ1v) is 33.5. The summed E-state index contributed by atoms with van der Waals surface area (Å²) in [6, 6.07) is 0. The van der Waals surface area contributed by atoms with Crippen LogP contribution in [-0.4, -0.2) is 36.4 Å². The smallest absolute Gasteiger partial charge is 0.306 e. The lowest BCUT2D eigenvalue weighted by Crippen LogP contribution is -2.28. The van der Waals surface area contributed by atoms with Crippen LogP contribution >= 0.6 is 0 Å². The lowest BCUT2D eigenvalue weighted by atomic mass is 10.0. The van der Waals surface area contributed by atoms with E-state index >= 15 is 0 Å². The highest BCUT2D eigenvalue weighted by Gasteiger charge is 2.16. The Kier molecular flexibility index (Phi) is 64.3. The summed E-state index contributed by atoms with van der Waals surface area (Å²) >= 11 is 0. The fourth-order valence-corrected chi connectivity index (χ4v) is 9.99. The second kappa shape index (κ2) is 66.6. The van der Waals surface area contributed by atoms with E-state index in [0.29, 0.717) is 12.8 Å². The molecule has 5 heteroatoms. The van der Waals surface area contributed by atoms with Gasteiger partial charge in [0.15, 0.2) is 6.10 Å². The number of hydrogen-bond acceptors (Lipinski definition) is 5. The van der Waals surface area contributed by atoms with Gasteiger partial charge in [0.05, 0.1) is 6.61 Å². The zero-order valence-corrected chi connectivity index (χ0v) is 50.8. The van der Waals surface area contributed by atoms with Crippen LogP contribution in [-0.2, 0) is 19.1 Å². The second-order valence-corrected chi connectivity index (χ2v) is 22.5. The number of hydrogen-bond donors (Lipinski definition) is 1. The third-order valence-corrected chi connectivity index (χ3v) is 15.0. The number of aliphatic hydroxyl groups excluding tert-OH is 1. The van der Waals surface area contributed by atoms with Gasteiger partial charge in [0.1, 0.15) is 6.61 Å². The molecule has 1 atom stereocenters. The molecule has 0 aliphatic rings. The largest absolute Gasteiger partial charge is 0.462 e. The van der Waals surface area contributed by atoms with E-state index in [2.05, 4.69) is 86.8 Å². The normalized spacial score (nSPS) is 12.6. The van der Waals surface area contributed by atoms with Crippen LogP contribution in [0.4, 0.5) is 0 Å². The third-order valence-electron chi connectivity index (χ3n) is 15.0. The van der Waals surface area contributed by atoms with Gasteiger partial charge in [-0.05, 0) is 83.5 Å². The van der Waals surface area contributed by atoms with Gasteiger partial charge < -0.3 is 14.6 Å². The highest BCUT2D eigenvalue weighted by molar-refractivity contribution is 5.70. The molecule has 1 N–H and O–H groups in total. The zero-order chi connectivity index (χ0) is 54.8. The van der Waals surface area contributed by atoms with Gasteiger partial charge >= 0.3 is 11.9 Å². The van der Waals surface area contributed by atoms with E-state index in [1.165, 1.54) is 250 Å². The summed E-state index contributed by atoms with van der Waals surface area (Å²) < 4.78 is 10.7. The maximum atomic E-state index is 12.3. The van der Waals surface area contributed by atoms with Gasteiger partial charge in [-0.15, -0.1) is 0 Å². The molecule has 5 nitrogen and oxygen atoms in total. The van der Waals surface area contributed by atoms with E-state index in [0.717, 1.165) is 70.6 Å². The van der Waals surface area contributed by atoms with Crippen LogP contribution < -0.4 is 0 Å². The first kappa shape index (κ1) is 73.3. The summed E-state index contributed by atoms with van der Waals surface area (Å²) in [4.78, 5) is 24.6. The highest BCUT2D eigenvalue weighted by Crippen LogP contribution is 2.18. The van der Waals surface area contributed by atoms with Crippen molar-refractivity contribution in [1.29, 1.82) is 0 Å². The first-order chi connectivity index (χ1) is 37.6.